The molecule has 0 heterocycles. The summed E-state index contributed by atoms with van der Waals surface area (Å²) in [6.45, 7) is 9.79. The minimum Gasteiger partial charge on any atom is -0.466 e. The van der Waals surface area contributed by atoms with Crippen molar-refractivity contribution in [1.29, 1.82) is 0 Å². The SMILES string of the molecule is C=C(C)C(=O)Cl.C=C(C)C(=O)OC. The third kappa shape index (κ3) is 10.9. The van der Waals surface area contributed by atoms with Gasteiger partial charge in [-0.3, -0.25) is 4.79 Å². The molecule has 0 fully saturated rings. The zero-order valence-electron chi connectivity index (χ0n) is 8.02. The first-order valence-electron chi connectivity index (χ1n) is 3.42. The summed E-state index contributed by atoms with van der Waals surface area (Å²) in [5.74, 6) is -0.347. The summed E-state index contributed by atoms with van der Waals surface area (Å²) in [5.41, 5.74) is 0.819. The summed E-state index contributed by atoms with van der Waals surface area (Å²) in [6.07, 6.45) is 0. The molecular weight excluding hydrogens is 192 g/mol. The molecule has 13 heavy (non-hydrogen) atoms. The van der Waals surface area contributed by atoms with Gasteiger partial charge in [0.2, 0.25) is 5.24 Å². The van der Waals surface area contributed by atoms with E-state index >= 15 is 0 Å². The van der Waals surface area contributed by atoms with Crippen molar-refractivity contribution in [3.05, 3.63) is 24.3 Å². The summed E-state index contributed by atoms with van der Waals surface area (Å²) in [5, 5.41) is -0.463. The second kappa shape index (κ2) is 7.55. The van der Waals surface area contributed by atoms with Crippen LogP contribution in [0.15, 0.2) is 24.3 Å². The van der Waals surface area contributed by atoms with Crippen LogP contribution in [0, 0.1) is 0 Å². The Morgan fingerprint density at radius 3 is 1.46 bits per heavy atom. The molecule has 0 radical (unpaired) electrons. The van der Waals surface area contributed by atoms with Gasteiger partial charge >= 0.3 is 5.97 Å². The van der Waals surface area contributed by atoms with Crippen LogP contribution in [0.4, 0.5) is 0 Å². The van der Waals surface area contributed by atoms with Crippen LogP contribution in [0.5, 0.6) is 0 Å². The molecule has 0 amide bonds. The van der Waals surface area contributed by atoms with E-state index in [1.165, 1.54) is 7.11 Å². The predicted octanol–water partition coefficient (Wildman–Crippen LogP) is 2.06. The largest absolute Gasteiger partial charge is 0.466 e. The van der Waals surface area contributed by atoms with Crippen molar-refractivity contribution >= 4 is 22.8 Å². The van der Waals surface area contributed by atoms with E-state index in [4.69, 9.17) is 11.6 Å². The van der Waals surface area contributed by atoms with E-state index < -0.39 is 5.24 Å². The predicted molar refractivity (Wildman–Crippen MR) is 52.5 cm³/mol. The molecule has 0 atom stereocenters. The molecule has 0 spiro atoms. The van der Waals surface area contributed by atoms with Crippen molar-refractivity contribution in [2.75, 3.05) is 7.11 Å². The van der Waals surface area contributed by atoms with Crippen LogP contribution >= 0.6 is 11.6 Å². The van der Waals surface area contributed by atoms with Gasteiger partial charge in [-0.05, 0) is 25.4 Å². The van der Waals surface area contributed by atoms with Crippen LogP contribution in [0.25, 0.3) is 0 Å². The maximum absolute atomic E-state index is 10.2. The number of rotatable bonds is 2. The zero-order chi connectivity index (χ0) is 11.0. The molecule has 0 aliphatic heterocycles. The summed E-state index contributed by atoms with van der Waals surface area (Å²) >= 11 is 4.87. The van der Waals surface area contributed by atoms with E-state index in [9.17, 15) is 9.59 Å². The highest BCUT2D eigenvalue weighted by molar-refractivity contribution is 6.67. The van der Waals surface area contributed by atoms with Gasteiger partial charge in [0.05, 0.1) is 7.11 Å². The third-order valence-electron chi connectivity index (χ3n) is 0.869. The highest BCUT2D eigenvalue weighted by Crippen LogP contribution is 1.91. The number of hydrogen-bond acceptors (Lipinski definition) is 3. The fourth-order valence-corrected chi connectivity index (χ4v) is 0.174. The van der Waals surface area contributed by atoms with Gasteiger partial charge in [-0.25, -0.2) is 4.79 Å². The first-order valence-corrected chi connectivity index (χ1v) is 3.79. The minimum atomic E-state index is -0.463. The Balaban J connectivity index is 0. The molecule has 0 bridgehead atoms. The van der Waals surface area contributed by atoms with Crippen molar-refractivity contribution in [2.24, 2.45) is 0 Å². The molecule has 0 aromatic heterocycles. The molecule has 0 aromatic rings. The van der Waals surface area contributed by atoms with Gasteiger partial charge < -0.3 is 4.74 Å². The van der Waals surface area contributed by atoms with Gasteiger partial charge in [-0.15, -0.1) is 0 Å². The summed E-state index contributed by atoms with van der Waals surface area (Å²) < 4.78 is 4.27. The van der Waals surface area contributed by atoms with E-state index in [2.05, 4.69) is 17.9 Å². The van der Waals surface area contributed by atoms with Gasteiger partial charge in [0.15, 0.2) is 0 Å². The lowest BCUT2D eigenvalue weighted by molar-refractivity contribution is -0.136. The zero-order valence-corrected chi connectivity index (χ0v) is 8.77. The van der Waals surface area contributed by atoms with E-state index in [1.807, 2.05) is 0 Å². The fraction of sp³-hybridized carbons (Fsp3) is 0.333. The van der Waals surface area contributed by atoms with E-state index in [0.29, 0.717) is 11.1 Å². The molecule has 74 valence electrons. The average molecular weight is 205 g/mol. The van der Waals surface area contributed by atoms with Crippen LogP contribution in [0.2, 0.25) is 0 Å². The second-order valence-electron chi connectivity index (χ2n) is 2.33. The van der Waals surface area contributed by atoms with Crippen LogP contribution in [0.1, 0.15) is 13.8 Å². The molecule has 0 rings (SSSR count). The average Bonchev–Trinajstić information content (AvgIpc) is 2.03. The summed E-state index contributed by atoms with van der Waals surface area (Å²) in [6, 6.07) is 0. The lowest BCUT2D eigenvalue weighted by Crippen LogP contribution is -1.98. The Hall–Kier alpha value is -1.09. The van der Waals surface area contributed by atoms with Crippen molar-refractivity contribution in [3.8, 4) is 0 Å². The highest BCUT2D eigenvalue weighted by atomic mass is 35.5. The molecule has 3 nitrogen and oxygen atoms in total. The number of methoxy groups -OCH3 is 1. The number of allylic oxidation sites excluding steroid dienone is 1. The maximum atomic E-state index is 10.2. The fourth-order valence-electron chi connectivity index (χ4n) is 0.174. The molecular formula is C9H13ClO3. The lowest BCUT2D eigenvalue weighted by atomic mass is 10.4. The van der Waals surface area contributed by atoms with Gasteiger partial charge in [-0.1, -0.05) is 13.2 Å². The van der Waals surface area contributed by atoms with Crippen LogP contribution in [-0.4, -0.2) is 18.3 Å². The topological polar surface area (TPSA) is 43.4 Å². The first kappa shape index (κ1) is 14.4. The van der Waals surface area contributed by atoms with Crippen LogP contribution in [-0.2, 0) is 14.3 Å². The number of ether oxygens (including phenoxy) is 1. The molecule has 0 N–H and O–H groups in total. The Labute approximate surface area is 83.0 Å². The number of esters is 1. The van der Waals surface area contributed by atoms with Gasteiger partial charge in [0.1, 0.15) is 0 Å². The number of carbonyl (C=O) groups is 2. The van der Waals surface area contributed by atoms with E-state index in [0.717, 1.165) is 0 Å². The number of hydrogen-bond donors (Lipinski definition) is 0. The molecule has 0 aromatic carbocycles. The van der Waals surface area contributed by atoms with Gasteiger partial charge in [-0.2, -0.15) is 0 Å². The number of halogens is 1. The second-order valence-corrected chi connectivity index (χ2v) is 2.67. The number of carbonyl (C=O) groups excluding carboxylic acids is 2. The van der Waals surface area contributed by atoms with Crippen molar-refractivity contribution in [3.63, 3.8) is 0 Å². The Morgan fingerprint density at radius 1 is 1.15 bits per heavy atom. The molecule has 0 saturated heterocycles. The Kier molecular flexibility index (Phi) is 8.39. The van der Waals surface area contributed by atoms with Crippen molar-refractivity contribution < 1.29 is 14.3 Å². The monoisotopic (exact) mass is 204 g/mol. The quantitative estimate of drug-likeness (QED) is 0.393. The Morgan fingerprint density at radius 2 is 1.46 bits per heavy atom. The minimum absolute atomic E-state index is 0.347. The lowest BCUT2D eigenvalue weighted by Gasteiger charge is -1.91. The molecule has 0 unspecified atom stereocenters. The van der Waals surface area contributed by atoms with Crippen LogP contribution < -0.4 is 0 Å². The molecule has 0 aliphatic rings. The van der Waals surface area contributed by atoms with E-state index in [-0.39, 0.29) is 5.97 Å². The smallest absolute Gasteiger partial charge is 0.332 e. The normalized spacial score (nSPS) is 7.69. The molecule has 4 heteroatoms. The molecule has 0 saturated carbocycles. The van der Waals surface area contributed by atoms with Crippen LogP contribution in [0.3, 0.4) is 0 Å². The first-order chi connectivity index (χ1) is 5.82. The standard InChI is InChI=1S/C5H8O2.C4H5ClO/c1-4(2)5(6)7-3;1-3(2)4(5)6/h1H2,2-3H3;1H2,2H3. The highest BCUT2D eigenvalue weighted by Gasteiger charge is 1.95. The van der Waals surface area contributed by atoms with Gasteiger partial charge in [0, 0.05) is 11.1 Å². The van der Waals surface area contributed by atoms with Crippen molar-refractivity contribution in [1.82, 2.24) is 0 Å². The van der Waals surface area contributed by atoms with E-state index in [1.54, 1.807) is 13.8 Å². The summed E-state index contributed by atoms with van der Waals surface area (Å²) in [7, 11) is 1.33. The Bertz CT molecular complexity index is 219. The van der Waals surface area contributed by atoms with Crippen molar-refractivity contribution in [2.45, 2.75) is 13.8 Å². The maximum Gasteiger partial charge on any atom is 0.332 e. The third-order valence-corrected chi connectivity index (χ3v) is 1.19. The molecule has 0 aliphatic carbocycles. The van der Waals surface area contributed by atoms with Gasteiger partial charge in [0.25, 0.3) is 0 Å². The summed E-state index contributed by atoms with van der Waals surface area (Å²) in [4.78, 5) is 20.0.